The molecule has 0 aliphatic rings. The summed E-state index contributed by atoms with van der Waals surface area (Å²) in [5.41, 5.74) is 0. The minimum Gasteiger partial charge on any atom is -0.481 e. The van der Waals surface area contributed by atoms with E-state index in [2.05, 4.69) is 16.0 Å². The minimum absolute atomic E-state index is 0.00988. The second-order valence-electron chi connectivity index (χ2n) is 9.29. The van der Waals surface area contributed by atoms with Gasteiger partial charge in [0.2, 0.25) is 17.7 Å². The molecule has 0 fully saturated rings. The van der Waals surface area contributed by atoms with Gasteiger partial charge in [-0.25, -0.2) is 4.79 Å². The van der Waals surface area contributed by atoms with Gasteiger partial charge in [0, 0.05) is 71.6 Å². The van der Waals surface area contributed by atoms with Crippen molar-refractivity contribution in [3.8, 4) is 0 Å². The molecule has 0 rings (SSSR count). The summed E-state index contributed by atoms with van der Waals surface area (Å²) in [5.74, 6) is -2.90. The highest BCUT2D eigenvalue weighted by Gasteiger charge is 2.19. The molecule has 0 spiro atoms. The first-order valence-corrected chi connectivity index (χ1v) is 14.0. The Balaban J connectivity index is 3.46. The number of amides is 3. The number of ether oxygens (including phenoxy) is 2. The fourth-order valence-corrected chi connectivity index (χ4v) is 3.46. The Hall–Kier alpha value is -3.06. The lowest BCUT2D eigenvalue weighted by Crippen LogP contribution is -2.41. The van der Waals surface area contributed by atoms with Gasteiger partial charge < -0.3 is 35.6 Å². The standard InChI is InChI=1S/C27H46N3O10/c31-17-7-10-22(27(37)38)30-25(34)14-13-24(33)29-16-9-21-40-19-6-5-18-39-20-8-15-28-23(32)11-3-1-2-4-12-26(35)36/h22H,1-16,18-21H2,(H,28,32)(H,29,33)(H,30,34)(H,35,36)(H,37,38). The number of hydrogen-bond donors (Lipinski definition) is 5. The minimum atomic E-state index is -1.24. The van der Waals surface area contributed by atoms with E-state index >= 15 is 0 Å². The molecule has 0 aromatic heterocycles. The van der Waals surface area contributed by atoms with Crippen LogP contribution >= 0.6 is 0 Å². The summed E-state index contributed by atoms with van der Waals surface area (Å²) in [7, 11) is 0. The molecule has 0 heterocycles. The molecule has 0 aliphatic carbocycles. The maximum Gasteiger partial charge on any atom is 0.326 e. The van der Waals surface area contributed by atoms with Crippen LogP contribution in [0.1, 0.15) is 89.9 Å². The van der Waals surface area contributed by atoms with Gasteiger partial charge in [0.25, 0.3) is 0 Å². The van der Waals surface area contributed by atoms with Crippen molar-refractivity contribution in [2.24, 2.45) is 0 Å². The highest BCUT2D eigenvalue weighted by molar-refractivity contribution is 5.87. The molecule has 1 atom stereocenters. The van der Waals surface area contributed by atoms with Crippen LogP contribution < -0.4 is 16.0 Å². The maximum absolute atomic E-state index is 11.8. The van der Waals surface area contributed by atoms with Gasteiger partial charge in [-0.3, -0.25) is 24.0 Å². The molecule has 229 valence electrons. The van der Waals surface area contributed by atoms with Crippen LogP contribution in [-0.4, -0.2) is 91.7 Å². The lowest BCUT2D eigenvalue weighted by Gasteiger charge is -2.13. The Morgan fingerprint density at radius 3 is 1.65 bits per heavy atom. The second-order valence-corrected chi connectivity index (χ2v) is 9.29. The van der Waals surface area contributed by atoms with Crippen molar-refractivity contribution >= 4 is 35.9 Å². The van der Waals surface area contributed by atoms with E-state index in [1.54, 1.807) is 6.29 Å². The smallest absolute Gasteiger partial charge is 0.326 e. The monoisotopic (exact) mass is 572 g/mol. The first-order valence-electron chi connectivity index (χ1n) is 14.0. The normalized spacial score (nSPS) is 11.4. The third-order valence-corrected chi connectivity index (χ3v) is 5.69. The third kappa shape index (κ3) is 25.2. The maximum atomic E-state index is 11.8. The number of carbonyl (C=O) groups is 5. The fraction of sp³-hybridized carbons (Fsp3) is 0.778. The predicted molar refractivity (Wildman–Crippen MR) is 145 cm³/mol. The van der Waals surface area contributed by atoms with Gasteiger partial charge in [0.15, 0.2) is 6.29 Å². The molecule has 13 heteroatoms. The molecular weight excluding hydrogens is 526 g/mol. The molecule has 5 N–H and O–H groups in total. The number of unbranched alkanes of at least 4 members (excludes halogenated alkanes) is 4. The largest absolute Gasteiger partial charge is 0.481 e. The number of hydrogen-bond acceptors (Lipinski definition) is 8. The summed E-state index contributed by atoms with van der Waals surface area (Å²) in [5, 5.41) is 25.4. The van der Waals surface area contributed by atoms with Crippen LogP contribution in [0.3, 0.4) is 0 Å². The van der Waals surface area contributed by atoms with Gasteiger partial charge in [-0.15, -0.1) is 0 Å². The molecule has 3 amide bonds. The number of aliphatic carboxylic acids is 2. The van der Waals surface area contributed by atoms with Gasteiger partial charge in [0.05, 0.1) is 0 Å². The Bertz CT molecular complexity index is 748. The van der Waals surface area contributed by atoms with Crippen molar-refractivity contribution in [2.45, 2.75) is 95.9 Å². The molecule has 40 heavy (non-hydrogen) atoms. The third-order valence-electron chi connectivity index (χ3n) is 5.69. The Morgan fingerprint density at radius 1 is 0.625 bits per heavy atom. The van der Waals surface area contributed by atoms with Gasteiger partial charge in [-0.1, -0.05) is 12.8 Å². The van der Waals surface area contributed by atoms with E-state index in [0.29, 0.717) is 58.8 Å². The molecule has 0 saturated heterocycles. The second kappa shape index (κ2) is 26.2. The Labute approximate surface area is 236 Å². The van der Waals surface area contributed by atoms with Crippen LogP contribution in [0.15, 0.2) is 0 Å². The molecule has 0 aromatic carbocycles. The highest BCUT2D eigenvalue weighted by Crippen LogP contribution is 2.05. The van der Waals surface area contributed by atoms with Gasteiger partial charge >= 0.3 is 11.9 Å². The van der Waals surface area contributed by atoms with Crippen LogP contribution in [0.2, 0.25) is 0 Å². The zero-order chi connectivity index (χ0) is 29.8. The number of carbonyl (C=O) groups excluding carboxylic acids is 4. The molecule has 0 aromatic rings. The van der Waals surface area contributed by atoms with E-state index in [-0.39, 0.29) is 43.9 Å². The van der Waals surface area contributed by atoms with Crippen LogP contribution in [0.4, 0.5) is 0 Å². The van der Waals surface area contributed by atoms with Crippen molar-refractivity contribution < 1.29 is 48.5 Å². The fourth-order valence-electron chi connectivity index (χ4n) is 3.46. The van der Waals surface area contributed by atoms with Crippen LogP contribution in [0.25, 0.3) is 0 Å². The van der Waals surface area contributed by atoms with E-state index in [1.807, 2.05) is 0 Å². The molecule has 13 nitrogen and oxygen atoms in total. The van der Waals surface area contributed by atoms with E-state index in [4.69, 9.17) is 19.7 Å². The van der Waals surface area contributed by atoms with Crippen LogP contribution in [-0.2, 0) is 38.2 Å². The summed E-state index contributed by atoms with van der Waals surface area (Å²) in [6.07, 6.45) is 8.00. The SMILES string of the molecule is O=[C]CCC(NC(=O)CCC(=O)NCCCOCCCCOCCCNC(=O)CCCCCCC(=O)O)C(=O)O. The molecule has 1 unspecified atom stereocenters. The van der Waals surface area contributed by atoms with Gasteiger partial charge in [-0.2, -0.15) is 0 Å². The van der Waals surface area contributed by atoms with E-state index in [1.165, 1.54) is 0 Å². The molecular formula is C27H46N3O10. The van der Waals surface area contributed by atoms with Crippen molar-refractivity contribution in [3.63, 3.8) is 0 Å². The zero-order valence-corrected chi connectivity index (χ0v) is 23.4. The van der Waals surface area contributed by atoms with E-state index in [9.17, 15) is 28.8 Å². The van der Waals surface area contributed by atoms with Gasteiger partial charge in [0.1, 0.15) is 6.04 Å². The first-order chi connectivity index (χ1) is 19.3. The van der Waals surface area contributed by atoms with Crippen LogP contribution in [0, 0.1) is 0 Å². The summed E-state index contributed by atoms with van der Waals surface area (Å²) in [4.78, 5) is 67.1. The number of carboxylic acids is 2. The molecule has 1 radical (unpaired) electrons. The predicted octanol–water partition coefficient (Wildman–Crippen LogP) is 1.48. The lowest BCUT2D eigenvalue weighted by molar-refractivity contribution is -0.142. The molecule has 0 bridgehead atoms. The van der Waals surface area contributed by atoms with E-state index < -0.39 is 23.9 Å². The average molecular weight is 573 g/mol. The topological polar surface area (TPSA) is 197 Å². The van der Waals surface area contributed by atoms with Crippen molar-refractivity contribution in [3.05, 3.63) is 0 Å². The average Bonchev–Trinajstić information content (AvgIpc) is 2.91. The summed E-state index contributed by atoms with van der Waals surface area (Å²) in [6.45, 7) is 3.21. The Kier molecular flexibility index (Phi) is 24.2. The summed E-state index contributed by atoms with van der Waals surface area (Å²) >= 11 is 0. The highest BCUT2D eigenvalue weighted by atomic mass is 16.5. The van der Waals surface area contributed by atoms with Crippen molar-refractivity contribution in [1.82, 2.24) is 16.0 Å². The van der Waals surface area contributed by atoms with E-state index in [0.717, 1.165) is 38.5 Å². The first kappa shape index (κ1) is 36.9. The van der Waals surface area contributed by atoms with Crippen molar-refractivity contribution in [1.29, 1.82) is 0 Å². The quantitative estimate of drug-likeness (QED) is 0.0856. The summed E-state index contributed by atoms with van der Waals surface area (Å²) in [6, 6.07) is -1.17. The summed E-state index contributed by atoms with van der Waals surface area (Å²) < 4.78 is 11.1. The Morgan fingerprint density at radius 2 is 1.12 bits per heavy atom. The zero-order valence-electron chi connectivity index (χ0n) is 23.4. The van der Waals surface area contributed by atoms with Crippen LogP contribution in [0.5, 0.6) is 0 Å². The van der Waals surface area contributed by atoms with Gasteiger partial charge in [-0.05, 0) is 44.9 Å². The number of carboxylic acid groups (broad SMARTS) is 2. The molecule has 0 aliphatic heterocycles. The lowest BCUT2D eigenvalue weighted by atomic mass is 10.1. The molecule has 0 saturated carbocycles. The number of nitrogens with one attached hydrogen (secondary N) is 3. The number of rotatable bonds is 28. The van der Waals surface area contributed by atoms with Crippen molar-refractivity contribution in [2.75, 3.05) is 39.5 Å².